The van der Waals surface area contributed by atoms with E-state index in [0.717, 1.165) is 5.69 Å². The van der Waals surface area contributed by atoms with E-state index < -0.39 is 5.97 Å². The summed E-state index contributed by atoms with van der Waals surface area (Å²) in [5, 5.41) is 4.28. The number of benzene rings is 1. The molecule has 0 aliphatic rings. The van der Waals surface area contributed by atoms with Crippen molar-refractivity contribution in [2.24, 2.45) is 0 Å². The fourth-order valence-electron chi connectivity index (χ4n) is 1.68. The zero-order valence-electron chi connectivity index (χ0n) is 10.4. The van der Waals surface area contributed by atoms with E-state index >= 15 is 0 Å². The van der Waals surface area contributed by atoms with Crippen LogP contribution in [0.15, 0.2) is 30.5 Å². The van der Waals surface area contributed by atoms with Gasteiger partial charge in [-0.1, -0.05) is 0 Å². The maximum absolute atomic E-state index is 11.9. The third kappa shape index (κ3) is 2.34. The van der Waals surface area contributed by atoms with E-state index in [4.69, 9.17) is 10.5 Å². The van der Waals surface area contributed by atoms with Gasteiger partial charge in [0, 0.05) is 11.9 Å². The monoisotopic (exact) mass is 245 g/mol. The number of carbonyl (C=O) groups is 1. The van der Waals surface area contributed by atoms with Gasteiger partial charge in [-0.3, -0.25) is 0 Å². The van der Waals surface area contributed by atoms with Gasteiger partial charge in [-0.05, 0) is 38.1 Å². The first-order chi connectivity index (χ1) is 8.61. The van der Waals surface area contributed by atoms with Crippen molar-refractivity contribution in [2.45, 2.75) is 13.8 Å². The van der Waals surface area contributed by atoms with Crippen molar-refractivity contribution >= 4 is 11.7 Å². The Morgan fingerprint density at radius 2 is 2.22 bits per heavy atom. The topological polar surface area (TPSA) is 70.1 Å². The molecule has 2 N–H and O–H groups in total. The molecule has 2 aromatic rings. The molecule has 0 saturated heterocycles. The molecule has 94 valence electrons. The van der Waals surface area contributed by atoms with Gasteiger partial charge in [-0.25, -0.2) is 9.48 Å². The van der Waals surface area contributed by atoms with Crippen molar-refractivity contribution < 1.29 is 9.53 Å². The molecule has 0 radical (unpaired) electrons. The van der Waals surface area contributed by atoms with Crippen LogP contribution in [0, 0.1) is 6.92 Å². The maximum atomic E-state index is 11.9. The lowest BCUT2D eigenvalue weighted by molar-refractivity contribution is 0.0526. The number of rotatable bonds is 3. The lowest BCUT2D eigenvalue weighted by atomic mass is 10.1. The van der Waals surface area contributed by atoms with E-state index in [1.54, 1.807) is 36.0 Å². The summed E-state index contributed by atoms with van der Waals surface area (Å²) in [6.07, 6.45) is 1.80. The van der Waals surface area contributed by atoms with Crippen LogP contribution in [0.4, 0.5) is 5.69 Å². The molecule has 18 heavy (non-hydrogen) atoms. The number of esters is 1. The second kappa shape index (κ2) is 4.91. The summed E-state index contributed by atoms with van der Waals surface area (Å²) >= 11 is 0. The number of hydrogen-bond acceptors (Lipinski definition) is 4. The van der Waals surface area contributed by atoms with Crippen molar-refractivity contribution in [3.05, 3.63) is 41.7 Å². The number of nitrogens with two attached hydrogens (primary N) is 1. The molecule has 0 amide bonds. The van der Waals surface area contributed by atoms with Gasteiger partial charge in [0.1, 0.15) is 0 Å². The SMILES string of the molecule is CCOC(=O)c1cc(N)ccc1-n1ccc(C)n1. The third-order valence-corrected chi connectivity index (χ3v) is 2.49. The number of aryl methyl sites for hydroxylation is 1. The van der Waals surface area contributed by atoms with Crippen LogP contribution in [0.2, 0.25) is 0 Å². The minimum atomic E-state index is -0.395. The summed E-state index contributed by atoms with van der Waals surface area (Å²) in [6, 6.07) is 6.96. The number of nitrogens with zero attached hydrogens (tertiary/aromatic N) is 2. The normalized spacial score (nSPS) is 10.3. The predicted octanol–water partition coefficient (Wildman–Crippen LogP) is 1.94. The van der Waals surface area contributed by atoms with Gasteiger partial charge in [0.05, 0.1) is 23.6 Å². The second-order valence-electron chi connectivity index (χ2n) is 3.90. The van der Waals surface area contributed by atoms with E-state index in [1.807, 2.05) is 13.0 Å². The molecule has 0 bridgehead atoms. The van der Waals surface area contributed by atoms with Gasteiger partial charge in [0.2, 0.25) is 0 Å². The van der Waals surface area contributed by atoms with Gasteiger partial charge in [-0.15, -0.1) is 0 Å². The Kier molecular flexibility index (Phi) is 3.32. The van der Waals surface area contributed by atoms with Crippen LogP contribution in [0.3, 0.4) is 0 Å². The largest absolute Gasteiger partial charge is 0.462 e. The van der Waals surface area contributed by atoms with Gasteiger partial charge in [-0.2, -0.15) is 5.10 Å². The number of aromatic nitrogens is 2. The number of hydrogen-bond donors (Lipinski definition) is 1. The van der Waals surface area contributed by atoms with Crippen molar-refractivity contribution in [1.29, 1.82) is 0 Å². The summed E-state index contributed by atoms with van der Waals surface area (Å²) in [5.74, 6) is -0.395. The van der Waals surface area contributed by atoms with Crippen LogP contribution in [0.1, 0.15) is 23.0 Å². The van der Waals surface area contributed by atoms with E-state index in [1.165, 1.54) is 0 Å². The van der Waals surface area contributed by atoms with E-state index in [-0.39, 0.29) is 0 Å². The summed E-state index contributed by atoms with van der Waals surface area (Å²) in [5.41, 5.74) is 8.18. The Hall–Kier alpha value is -2.30. The first-order valence-electron chi connectivity index (χ1n) is 5.71. The molecule has 1 aromatic carbocycles. The predicted molar refractivity (Wildman–Crippen MR) is 68.7 cm³/mol. The Morgan fingerprint density at radius 3 is 2.83 bits per heavy atom. The van der Waals surface area contributed by atoms with Crippen LogP contribution in [0.25, 0.3) is 5.69 Å². The maximum Gasteiger partial charge on any atom is 0.340 e. The lowest BCUT2D eigenvalue weighted by Crippen LogP contribution is -2.10. The standard InChI is InChI=1S/C13H15N3O2/c1-3-18-13(17)11-8-10(14)4-5-12(11)16-7-6-9(2)15-16/h4-8H,3,14H2,1-2H3. The average Bonchev–Trinajstić information content (AvgIpc) is 2.76. The van der Waals surface area contributed by atoms with Crippen LogP contribution in [-0.2, 0) is 4.74 Å². The van der Waals surface area contributed by atoms with Gasteiger partial charge >= 0.3 is 5.97 Å². The highest BCUT2D eigenvalue weighted by Gasteiger charge is 2.14. The van der Waals surface area contributed by atoms with Crippen molar-refractivity contribution in [3.63, 3.8) is 0 Å². The van der Waals surface area contributed by atoms with Gasteiger partial charge in [0.25, 0.3) is 0 Å². The molecule has 2 rings (SSSR count). The molecule has 0 aliphatic carbocycles. The lowest BCUT2D eigenvalue weighted by Gasteiger charge is -2.09. The van der Waals surface area contributed by atoms with Crippen LogP contribution < -0.4 is 5.73 Å². The minimum absolute atomic E-state index is 0.325. The highest BCUT2D eigenvalue weighted by molar-refractivity contribution is 5.94. The van der Waals surface area contributed by atoms with E-state index in [2.05, 4.69) is 5.10 Å². The fraction of sp³-hybridized carbons (Fsp3) is 0.231. The Balaban J connectivity index is 2.50. The highest BCUT2D eigenvalue weighted by Crippen LogP contribution is 2.19. The molecule has 0 atom stereocenters. The van der Waals surface area contributed by atoms with Gasteiger partial charge < -0.3 is 10.5 Å². The quantitative estimate of drug-likeness (QED) is 0.662. The molecule has 1 aromatic heterocycles. The molecule has 5 heteroatoms. The van der Waals surface area contributed by atoms with E-state index in [0.29, 0.717) is 23.5 Å². The number of nitrogen functional groups attached to an aromatic ring is 1. The summed E-state index contributed by atoms with van der Waals surface area (Å²) < 4.78 is 6.66. The molecular weight excluding hydrogens is 230 g/mol. The number of carbonyl (C=O) groups excluding carboxylic acids is 1. The minimum Gasteiger partial charge on any atom is -0.462 e. The molecule has 0 spiro atoms. The number of anilines is 1. The van der Waals surface area contributed by atoms with Crippen molar-refractivity contribution in [3.8, 4) is 5.69 Å². The Labute approximate surface area is 105 Å². The molecular formula is C13H15N3O2. The first kappa shape index (κ1) is 12.2. The summed E-state index contributed by atoms with van der Waals surface area (Å²) in [7, 11) is 0. The van der Waals surface area contributed by atoms with Crippen LogP contribution >= 0.6 is 0 Å². The molecule has 0 saturated carbocycles. The molecule has 0 fully saturated rings. The smallest absolute Gasteiger partial charge is 0.340 e. The highest BCUT2D eigenvalue weighted by atomic mass is 16.5. The molecule has 0 unspecified atom stereocenters. The van der Waals surface area contributed by atoms with Crippen LogP contribution in [-0.4, -0.2) is 22.4 Å². The summed E-state index contributed by atoms with van der Waals surface area (Å²) in [4.78, 5) is 11.9. The first-order valence-corrected chi connectivity index (χ1v) is 5.71. The molecule has 0 aliphatic heterocycles. The fourth-order valence-corrected chi connectivity index (χ4v) is 1.68. The molecule has 5 nitrogen and oxygen atoms in total. The van der Waals surface area contributed by atoms with Gasteiger partial charge in [0.15, 0.2) is 0 Å². The van der Waals surface area contributed by atoms with Crippen molar-refractivity contribution in [2.75, 3.05) is 12.3 Å². The average molecular weight is 245 g/mol. The second-order valence-corrected chi connectivity index (χ2v) is 3.90. The Morgan fingerprint density at radius 1 is 1.44 bits per heavy atom. The zero-order valence-corrected chi connectivity index (χ0v) is 10.4. The summed E-state index contributed by atoms with van der Waals surface area (Å²) in [6.45, 7) is 3.98. The number of ether oxygens (including phenoxy) is 1. The van der Waals surface area contributed by atoms with E-state index in [9.17, 15) is 4.79 Å². The Bertz CT molecular complexity index is 575. The van der Waals surface area contributed by atoms with Crippen molar-refractivity contribution in [1.82, 2.24) is 9.78 Å². The molecule has 1 heterocycles. The van der Waals surface area contributed by atoms with Crippen LogP contribution in [0.5, 0.6) is 0 Å². The third-order valence-electron chi connectivity index (χ3n) is 2.49. The zero-order chi connectivity index (χ0) is 13.1.